The maximum absolute atomic E-state index is 12.6. The van der Waals surface area contributed by atoms with Crippen molar-refractivity contribution in [2.24, 2.45) is 0 Å². The van der Waals surface area contributed by atoms with Crippen LogP contribution in [0, 0.1) is 0 Å². The molecule has 0 spiro atoms. The Morgan fingerprint density at radius 2 is 1.67 bits per heavy atom. The Morgan fingerprint density at radius 3 is 2.50 bits per heavy atom. The van der Waals surface area contributed by atoms with Crippen LogP contribution in [0.4, 0.5) is 0 Å². The zero-order valence-corrected chi connectivity index (χ0v) is 12.8. The zero-order valence-electron chi connectivity index (χ0n) is 12.8. The molecule has 0 aliphatic carbocycles. The van der Waals surface area contributed by atoms with Gasteiger partial charge in [-0.25, -0.2) is 0 Å². The summed E-state index contributed by atoms with van der Waals surface area (Å²) < 4.78 is 5.75. The number of hydrogen-bond acceptors (Lipinski definition) is 3. The average Bonchev–Trinajstić information content (AvgIpc) is 2.61. The van der Waals surface area contributed by atoms with Gasteiger partial charge in [-0.2, -0.15) is 0 Å². The van der Waals surface area contributed by atoms with Crippen LogP contribution in [-0.2, 0) is 6.61 Å². The summed E-state index contributed by atoms with van der Waals surface area (Å²) in [6, 6.07) is 20.2. The van der Waals surface area contributed by atoms with E-state index < -0.39 is 0 Å². The van der Waals surface area contributed by atoms with Crippen molar-refractivity contribution in [2.75, 3.05) is 0 Å². The van der Waals surface area contributed by atoms with Crippen LogP contribution in [0.2, 0.25) is 0 Å². The van der Waals surface area contributed by atoms with Crippen molar-refractivity contribution < 1.29 is 9.84 Å². The Bertz CT molecular complexity index is 1080. The number of benzene rings is 3. The van der Waals surface area contributed by atoms with E-state index in [1.54, 1.807) is 18.2 Å². The third kappa shape index (κ3) is 2.48. The topological polar surface area (TPSA) is 62.3 Å². The van der Waals surface area contributed by atoms with Gasteiger partial charge in [0.25, 0.3) is 0 Å². The van der Waals surface area contributed by atoms with Crippen LogP contribution in [0.15, 0.2) is 71.5 Å². The highest BCUT2D eigenvalue weighted by atomic mass is 16.5. The fraction of sp³-hybridized carbons (Fsp3) is 0.0500. The molecule has 0 radical (unpaired) electrons. The zero-order chi connectivity index (χ0) is 16.5. The lowest BCUT2D eigenvalue weighted by Crippen LogP contribution is -2.05. The SMILES string of the molecule is O=c1c2ccccc2[nH]c2cc(OCc3ccccc3)cc(O)c12. The Kier molecular flexibility index (Phi) is 3.43. The molecule has 0 aliphatic rings. The highest BCUT2D eigenvalue weighted by molar-refractivity contribution is 5.96. The highest BCUT2D eigenvalue weighted by Gasteiger charge is 2.11. The van der Waals surface area contributed by atoms with Gasteiger partial charge < -0.3 is 14.8 Å². The van der Waals surface area contributed by atoms with Crippen molar-refractivity contribution >= 4 is 21.8 Å². The molecule has 0 fully saturated rings. The Morgan fingerprint density at radius 1 is 0.917 bits per heavy atom. The first-order valence-electron chi connectivity index (χ1n) is 7.67. The summed E-state index contributed by atoms with van der Waals surface area (Å²) in [5.41, 5.74) is 2.13. The summed E-state index contributed by atoms with van der Waals surface area (Å²) in [5.74, 6) is 0.428. The van der Waals surface area contributed by atoms with Crippen LogP contribution < -0.4 is 10.2 Å². The van der Waals surface area contributed by atoms with Gasteiger partial charge in [0.05, 0.1) is 10.9 Å². The van der Waals surface area contributed by atoms with Crippen LogP contribution in [0.1, 0.15) is 5.56 Å². The third-order valence-corrected chi connectivity index (χ3v) is 4.01. The lowest BCUT2D eigenvalue weighted by molar-refractivity contribution is 0.305. The molecule has 0 saturated carbocycles. The van der Waals surface area contributed by atoms with E-state index in [4.69, 9.17) is 4.74 Å². The smallest absolute Gasteiger partial charge is 0.200 e. The Labute approximate surface area is 138 Å². The lowest BCUT2D eigenvalue weighted by Gasteiger charge is -2.10. The number of fused-ring (bicyclic) bond motifs is 2. The number of rotatable bonds is 3. The number of aromatic amines is 1. The van der Waals surface area contributed by atoms with Crippen molar-refractivity contribution in [3.8, 4) is 11.5 Å². The molecule has 4 nitrogen and oxygen atoms in total. The van der Waals surface area contributed by atoms with Gasteiger partial charge in [-0.05, 0) is 17.7 Å². The predicted molar refractivity (Wildman–Crippen MR) is 94.5 cm³/mol. The summed E-state index contributed by atoms with van der Waals surface area (Å²) in [6.07, 6.45) is 0. The van der Waals surface area contributed by atoms with Gasteiger partial charge in [-0.1, -0.05) is 42.5 Å². The van der Waals surface area contributed by atoms with Crippen molar-refractivity contribution in [2.45, 2.75) is 6.61 Å². The van der Waals surface area contributed by atoms with Crippen molar-refractivity contribution in [3.05, 3.63) is 82.5 Å². The van der Waals surface area contributed by atoms with Gasteiger partial charge >= 0.3 is 0 Å². The second-order valence-corrected chi connectivity index (χ2v) is 5.64. The van der Waals surface area contributed by atoms with E-state index in [-0.39, 0.29) is 16.6 Å². The van der Waals surface area contributed by atoms with Gasteiger partial charge in [0.2, 0.25) is 5.43 Å². The quantitative estimate of drug-likeness (QED) is 0.562. The molecule has 0 bridgehead atoms. The van der Waals surface area contributed by atoms with Gasteiger partial charge in [0.15, 0.2) is 0 Å². The van der Waals surface area contributed by atoms with E-state index >= 15 is 0 Å². The molecule has 1 aromatic heterocycles. The van der Waals surface area contributed by atoms with Crippen LogP contribution in [-0.4, -0.2) is 10.1 Å². The fourth-order valence-electron chi connectivity index (χ4n) is 2.83. The maximum atomic E-state index is 12.6. The molecule has 4 heteroatoms. The number of pyridine rings is 1. The number of hydrogen-bond donors (Lipinski definition) is 2. The van der Waals surface area contributed by atoms with Crippen LogP contribution in [0.5, 0.6) is 11.5 Å². The van der Waals surface area contributed by atoms with Gasteiger partial charge in [-0.3, -0.25) is 4.79 Å². The van der Waals surface area contributed by atoms with Crippen LogP contribution in [0.3, 0.4) is 0 Å². The van der Waals surface area contributed by atoms with Crippen molar-refractivity contribution in [1.29, 1.82) is 0 Å². The molecule has 1 heterocycles. The van der Waals surface area contributed by atoms with E-state index in [1.165, 1.54) is 6.07 Å². The summed E-state index contributed by atoms with van der Waals surface area (Å²) in [7, 11) is 0. The monoisotopic (exact) mass is 317 g/mol. The minimum Gasteiger partial charge on any atom is -0.507 e. The van der Waals surface area contributed by atoms with Crippen LogP contribution >= 0.6 is 0 Å². The van der Waals surface area contributed by atoms with Gasteiger partial charge in [0, 0.05) is 23.0 Å². The van der Waals surface area contributed by atoms with Crippen LogP contribution in [0.25, 0.3) is 21.8 Å². The van der Waals surface area contributed by atoms with Gasteiger partial charge in [-0.15, -0.1) is 0 Å². The molecule has 0 aliphatic heterocycles. The predicted octanol–water partition coefficient (Wildman–Crippen LogP) is 3.97. The Balaban J connectivity index is 1.79. The molecular formula is C20H15NO3. The van der Waals surface area contributed by atoms with E-state index in [1.807, 2.05) is 42.5 Å². The number of phenolic OH excluding ortho intramolecular Hbond substituents is 1. The second-order valence-electron chi connectivity index (χ2n) is 5.64. The molecule has 24 heavy (non-hydrogen) atoms. The minimum atomic E-state index is -0.188. The van der Waals surface area contributed by atoms with E-state index in [9.17, 15) is 9.90 Å². The number of nitrogens with one attached hydrogen (secondary N) is 1. The normalized spacial score (nSPS) is 11.0. The molecule has 3 aromatic carbocycles. The first-order valence-corrected chi connectivity index (χ1v) is 7.67. The van der Waals surface area contributed by atoms with E-state index in [0.717, 1.165) is 11.1 Å². The highest BCUT2D eigenvalue weighted by Crippen LogP contribution is 2.29. The first-order chi connectivity index (χ1) is 11.7. The number of H-pyrrole nitrogens is 1. The molecule has 0 atom stereocenters. The second kappa shape index (κ2) is 5.74. The fourth-order valence-corrected chi connectivity index (χ4v) is 2.83. The molecular weight excluding hydrogens is 302 g/mol. The number of ether oxygens (including phenoxy) is 1. The summed E-state index contributed by atoms with van der Waals surface area (Å²) >= 11 is 0. The minimum absolute atomic E-state index is 0.0810. The number of aromatic nitrogens is 1. The first kappa shape index (κ1) is 14.3. The summed E-state index contributed by atoms with van der Waals surface area (Å²) in [5, 5.41) is 11.1. The summed E-state index contributed by atoms with van der Waals surface area (Å²) in [4.78, 5) is 15.8. The molecule has 2 N–H and O–H groups in total. The van der Waals surface area contributed by atoms with Gasteiger partial charge in [0.1, 0.15) is 18.1 Å². The largest absolute Gasteiger partial charge is 0.507 e. The maximum Gasteiger partial charge on any atom is 0.200 e. The Hall–Kier alpha value is -3.27. The summed E-state index contributed by atoms with van der Waals surface area (Å²) in [6.45, 7) is 0.392. The van der Waals surface area contributed by atoms with Crippen molar-refractivity contribution in [3.63, 3.8) is 0 Å². The number of aromatic hydroxyl groups is 1. The standard InChI is InChI=1S/C20H15NO3/c22-18-11-14(24-12-13-6-2-1-3-7-13)10-17-19(18)20(23)15-8-4-5-9-16(15)21-17/h1-11,22H,12H2,(H,21,23). The molecule has 0 saturated heterocycles. The number of para-hydroxylation sites is 1. The van der Waals surface area contributed by atoms with Crippen molar-refractivity contribution in [1.82, 2.24) is 4.98 Å². The van der Waals surface area contributed by atoms with E-state index in [2.05, 4.69) is 4.98 Å². The molecule has 118 valence electrons. The molecule has 0 unspecified atom stereocenters. The number of phenols is 1. The molecule has 4 aromatic rings. The third-order valence-electron chi connectivity index (χ3n) is 4.01. The average molecular weight is 317 g/mol. The molecule has 4 rings (SSSR count). The molecule has 0 amide bonds. The lowest BCUT2D eigenvalue weighted by atomic mass is 10.1. The van der Waals surface area contributed by atoms with E-state index in [0.29, 0.717) is 23.3 Å².